The lowest BCUT2D eigenvalue weighted by Gasteiger charge is -2.04. The Morgan fingerprint density at radius 1 is 1.40 bits per heavy atom. The third-order valence-corrected chi connectivity index (χ3v) is 2.89. The van der Waals surface area contributed by atoms with Gasteiger partial charge in [-0.2, -0.15) is 0 Å². The van der Waals surface area contributed by atoms with Crippen LogP contribution in [-0.2, 0) is 9.53 Å². The van der Waals surface area contributed by atoms with Crippen LogP contribution in [0.2, 0.25) is 0 Å². The molecule has 0 saturated carbocycles. The van der Waals surface area contributed by atoms with Gasteiger partial charge in [0.2, 0.25) is 0 Å². The Morgan fingerprint density at radius 2 is 2.00 bits per heavy atom. The minimum atomic E-state index is -0.320. The van der Waals surface area contributed by atoms with Gasteiger partial charge < -0.3 is 10.5 Å². The van der Waals surface area contributed by atoms with Gasteiger partial charge in [-0.25, -0.2) is 4.79 Å². The number of anilines is 1. The molecule has 3 nitrogen and oxygen atoms in total. The highest BCUT2D eigenvalue weighted by atomic mass is 32.2. The summed E-state index contributed by atoms with van der Waals surface area (Å²) in [4.78, 5) is 12.8. The summed E-state index contributed by atoms with van der Waals surface area (Å²) in [6.45, 7) is 1.80. The van der Waals surface area contributed by atoms with Crippen molar-refractivity contribution in [3.05, 3.63) is 35.2 Å². The third kappa shape index (κ3) is 3.32. The Kier molecular flexibility index (Phi) is 4.24. The molecular weight excluding hydrogens is 210 g/mol. The molecule has 4 heteroatoms. The molecular formula is C11H13NO2S. The van der Waals surface area contributed by atoms with Crippen molar-refractivity contribution in [3.8, 4) is 0 Å². The number of methoxy groups -OCH3 is 1. The highest BCUT2D eigenvalue weighted by molar-refractivity contribution is 8.04. The second-order valence-electron chi connectivity index (χ2n) is 2.82. The van der Waals surface area contributed by atoms with Gasteiger partial charge in [-0.3, -0.25) is 0 Å². The standard InChI is InChI=1S/C11H13NO2S/c1-3-10(11(13)14-2)15-9-6-4-8(12)5-7-9/h3-7H,12H2,1-2H3/b10-3-. The summed E-state index contributed by atoms with van der Waals surface area (Å²) in [7, 11) is 1.37. The van der Waals surface area contributed by atoms with Crippen molar-refractivity contribution in [1.82, 2.24) is 0 Å². The fourth-order valence-corrected chi connectivity index (χ4v) is 1.79. The van der Waals surface area contributed by atoms with Crippen LogP contribution >= 0.6 is 11.8 Å². The number of ether oxygens (including phenoxy) is 1. The zero-order valence-corrected chi connectivity index (χ0v) is 9.51. The predicted molar refractivity (Wildman–Crippen MR) is 62.5 cm³/mol. The molecule has 0 spiro atoms. The van der Waals surface area contributed by atoms with E-state index in [2.05, 4.69) is 4.74 Å². The first-order valence-electron chi connectivity index (χ1n) is 4.45. The summed E-state index contributed by atoms with van der Waals surface area (Å²) in [6.07, 6.45) is 1.73. The van der Waals surface area contributed by atoms with Crippen LogP contribution in [0.25, 0.3) is 0 Å². The first-order chi connectivity index (χ1) is 7.17. The Hall–Kier alpha value is -1.42. The van der Waals surface area contributed by atoms with Gasteiger partial charge in [-0.1, -0.05) is 17.8 Å². The van der Waals surface area contributed by atoms with Crippen molar-refractivity contribution in [1.29, 1.82) is 0 Å². The number of hydrogen-bond donors (Lipinski definition) is 1. The quantitative estimate of drug-likeness (QED) is 0.370. The number of hydrogen-bond acceptors (Lipinski definition) is 4. The highest BCUT2D eigenvalue weighted by Gasteiger charge is 2.09. The van der Waals surface area contributed by atoms with Gasteiger partial charge in [0.05, 0.1) is 12.0 Å². The smallest absolute Gasteiger partial charge is 0.344 e. The number of benzene rings is 1. The van der Waals surface area contributed by atoms with E-state index in [4.69, 9.17) is 5.73 Å². The SMILES string of the molecule is C/C=C(\Sc1ccc(N)cc1)C(=O)OC. The van der Waals surface area contributed by atoms with Gasteiger partial charge in [0, 0.05) is 10.6 Å². The average molecular weight is 223 g/mol. The molecule has 0 saturated heterocycles. The minimum Gasteiger partial charge on any atom is -0.465 e. The Bertz CT molecular complexity index is 371. The first-order valence-corrected chi connectivity index (χ1v) is 5.27. The molecule has 0 aliphatic carbocycles. The topological polar surface area (TPSA) is 52.3 Å². The average Bonchev–Trinajstić information content (AvgIpc) is 2.27. The predicted octanol–water partition coefficient (Wildman–Crippen LogP) is 2.44. The number of carbonyl (C=O) groups is 1. The van der Waals surface area contributed by atoms with Crippen molar-refractivity contribution in [2.45, 2.75) is 11.8 Å². The molecule has 0 fully saturated rings. The Balaban J connectivity index is 2.76. The number of allylic oxidation sites excluding steroid dienone is 1. The van der Waals surface area contributed by atoms with Crippen molar-refractivity contribution in [2.24, 2.45) is 0 Å². The second kappa shape index (κ2) is 5.46. The molecule has 0 amide bonds. The monoisotopic (exact) mass is 223 g/mol. The molecule has 0 heterocycles. The number of nitrogens with two attached hydrogens (primary N) is 1. The fourth-order valence-electron chi connectivity index (χ4n) is 0.982. The van der Waals surface area contributed by atoms with E-state index in [9.17, 15) is 4.79 Å². The first kappa shape index (κ1) is 11.7. The van der Waals surface area contributed by atoms with Crippen LogP contribution in [0.15, 0.2) is 40.1 Å². The maximum absolute atomic E-state index is 11.3. The van der Waals surface area contributed by atoms with Gasteiger partial charge in [-0.05, 0) is 31.2 Å². The summed E-state index contributed by atoms with van der Waals surface area (Å²) in [5.74, 6) is -0.320. The van der Waals surface area contributed by atoms with Crippen LogP contribution in [0.5, 0.6) is 0 Å². The van der Waals surface area contributed by atoms with Crippen molar-refractivity contribution < 1.29 is 9.53 Å². The molecule has 80 valence electrons. The van der Waals surface area contributed by atoms with Crippen molar-refractivity contribution in [3.63, 3.8) is 0 Å². The Labute approximate surface area is 93.3 Å². The number of esters is 1. The van der Waals surface area contributed by atoms with Crippen LogP contribution in [0.3, 0.4) is 0 Å². The van der Waals surface area contributed by atoms with E-state index in [0.29, 0.717) is 10.6 Å². The lowest BCUT2D eigenvalue weighted by atomic mass is 10.3. The number of thioether (sulfide) groups is 1. The van der Waals surface area contributed by atoms with Crippen molar-refractivity contribution >= 4 is 23.4 Å². The maximum atomic E-state index is 11.3. The molecule has 0 radical (unpaired) electrons. The van der Waals surface area contributed by atoms with Gasteiger partial charge >= 0.3 is 5.97 Å². The molecule has 0 aliphatic heterocycles. The van der Waals surface area contributed by atoms with Crippen LogP contribution in [-0.4, -0.2) is 13.1 Å². The lowest BCUT2D eigenvalue weighted by molar-refractivity contribution is -0.135. The lowest BCUT2D eigenvalue weighted by Crippen LogP contribution is -2.01. The molecule has 0 aromatic heterocycles. The van der Waals surface area contributed by atoms with Gasteiger partial charge in [0.15, 0.2) is 0 Å². The summed E-state index contributed by atoms with van der Waals surface area (Å²) in [6, 6.07) is 7.33. The van der Waals surface area contributed by atoms with Crippen LogP contribution in [0, 0.1) is 0 Å². The van der Waals surface area contributed by atoms with E-state index in [1.807, 2.05) is 12.1 Å². The zero-order chi connectivity index (χ0) is 11.3. The molecule has 2 N–H and O–H groups in total. The molecule has 0 bridgehead atoms. The molecule has 1 rings (SSSR count). The fraction of sp³-hybridized carbons (Fsp3) is 0.182. The summed E-state index contributed by atoms with van der Waals surface area (Å²) >= 11 is 1.36. The largest absolute Gasteiger partial charge is 0.465 e. The van der Waals surface area contributed by atoms with E-state index in [0.717, 1.165) is 4.90 Å². The number of rotatable bonds is 3. The molecule has 1 aromatic rings. The van der Waals surface area contributed by atoms with Crippen LogP contribution in [0.1, 0.15) is 6.92 Å². The number of nitrogen functional groups attached to an aromatic ring is 1. The summed E-state index contributed by atoms with van der Waals surface area (Å²) in [5.41, 5.74) is 6.27. The van der Waals surface area contributed by atoms with Crippen molar-refractivity contribution in [2.75, 3.05) is 12.8 Å². The minimum absolute atomic E-state index is 0.320. The molecule has 0 unspecified atom stereocenters. The van der Waals surface area contributed by atoms with E-state index in [1.54, 1.807) is 25.1 Å². The second-order valence-corrected chi connectivity index (χ2v) is 3.93. The van der Waals surface area contributed by atoms with E-state index >= 15 is 0 Å². The normalized spacial score (nSPS) is 11.2. The Morgan fingerprint density at radius 3 is 2.47 bits per heavy atom. The molecule has 0 aliphatic rings. The van der Waals surface area contributed by atoms with Crippen LogP contribution < -0.4 is 5.73 Å². The third-order valence-electron chi connectivity index (χ3n) is 1.76. The molecule has 1 aromatic carbocycles. The number of carbonyl (C=O) groups excluding carboxylic acids is 1. The summed E-state index contributed by atoms with van der Waals surface area (Å²) < 4.78 is 4.65. The summed E-state index contributed by atoms with van der Waals surface area (Å²) in [5, 5.41) is 0. The van der Waals surface area contributed by atoms with E-state index < -0.39 is 0 Å². The molecule has 15 heavy (non-hydrogen) atoms. The maximum Gasteiger partial charge on any atom is 0.344 e. The highest BCUT2D eigenvalue weighted by Crippen LogP contribution is 2.27. The van der Waals surface area contributed by atoms with E-state index in [1.165, 1.54) is 18.9 Å². The van der Waals surface area contributed by atoms with Crippen LogP contribution in [0.4, 0.5) is 5.69 Å². The molecule has 0 atom stereocenters. The van der Waals surface area contributed by atoms with Gasteiger partial charge in [0.25, 0.3) is 0 Å². The van der Waals surface area contributed by atoms with Gasteiger partial charge in [0.1, 0.15) is 0 Å². The van der Waals surface area contributed by atoms with E-state index in [-0.39, 0.29) is 5.97 Å². The zero-order valence-electron chi connectivity index (χ0n) is 8.69. The van der Waals surface area contributed by atoms with Gasteiger partial charge in [-0.15, -0.1) is 0 Å².